The largest absolute Gasteiger partial charge is 0.454 e. The van der Waals surface area contributed by atoms with Crippen LogP contribution in [0.25, 0.3) is 5.76 Å². The number of hydrogen-bond donors (Lipinski definition) is 3. The Morgan fingerprint density at radius 1 is 0.944 bits per heavy atom. The molecule has 0 amide bonds. The standard InChI is InChI=1S/C14H18O4/c15-8-14(9-16,10-17)7-6-12-13(18-12)11-4-2-1-3-5-11/h1-5,15-17H,6-10H2. The molecule has 0 spiro atoms. The lowest BCUT2D eigenvalue weighted by molar-refractivity contribution is -0.000821. The third-order valence-electron chi connectivity index (χ3n) is 3.36. The zero-order chi connectivity index (χ0) is 13.0. The molecule has 0 saturated carbocycles. The van der Waals surface area contributed by atoms with Gasteiger partial charge in [-0.2, -0.15) is 0 Å². The van der Waals surface area contributed by atoms with Gasteiger partial charge in [-0.15, -0.1) is 0 Å². The first-order valence-corrected chi connectivity index (χ1v) is 6.04. The van der Waals surface area contributed by atoms with Crippen molar-refractivity contribution >= 4 is 5.76 Å². The summed E-state index contributed by atoms with van der Waals surface area (Å²) in [5.74, 6) is 1.75. The zero-order valence-electron chi connectivity index (χ0n) is 10.2. The predicted octanol–water partition coefficient (Wildman–Crippen LogP) is 1.13. The van der Waals surface area contributed by atoms with Gasteiger partial charge in [0.1, 0.15) is 5.76 Å². The molecule has 18 heavy (non-hydrogen) atoms. The number of aliphatic hydroxyl groups is 3. The topological polar surface area (TPSA) is 73.2 Å². The molecule has 1 aromatic carbocycles. The summed E-state index contributed by atoms with van der Waals surface area (Å²) in [7, 11) is 0. The summed E-state index contributed by atoms with van der Waals surface area (Å²) in [6, 6.07) is 9.78. The quantitative estimate of drug-likeness (QED) is 0.678. The van der Waals surface area contributed by atoms with Gasteiger partial charge in [-0.3, -0.25) is 0 Å². The fourth-order valence-corrected chi connectivity index (χ4v) is 1.84. The van der Waals surface area contributed by atoms with Gasteiger partial charge in [0, 0.05) is 17.4 Å². The van der Waals surface area contributed by atoms with Crippen molar-refractivity contribution in [3.05, 3.63) is 41.7 Å². The maximum atomic E-state index is 9.22. The molecular weight excluding hydrogens is 232 g/mol. The van der Waals surface area contributed by atoms with Gasteiger partial charge in [0.15, 0.2) is 5.76 Å². The molecule has 4 heteroatoms. The fraction of sp³-hybridized carbons (Fsp3) is 0.429. The van der Waals surface area contributed by atoms with Gasteiger partial charge < -0.3 is 20.1 Å². The lowest BCUT2D eigenvalue weighted by atomic mass is 9.85. The second-order valence-corrected chi connectivity index (χ2v) is 4.69. The number of ether oxygens (including phenoxy) is 1. The summed E-state index contributed by atoms with van der Waals surface area (Å²) in [6.07, 6.45) is 1.12. The van der Waals surface area contributed by atoms with Crippen molar-refractivity contribution in [2.75, 3.05) is 19.8 Å². The van der Waals surface area contributed by atoms with E-state index in [9.17, 15) is 15.3 Å². The van der Waals surface area contributed by atoms with E-state index >= 15 is 0 Å². The minimum absolute atomic E-state index is 0.228. The summed E-state index contributed by atoms with van der Waals surface area (Å²) in [4.78, 5) is 0. The summed E-state index contributed by atoms with van der Waals surface area (Å²) in [5.41, 5.74) is 0.218. The van der Waals surface area contributed by atoms with Crippen LogP contribution >= 0.6 is 0 Å². The Balaban J connectivity index is 1.95. The first-order valence-electron chi connectivity index (χ1n) is 6.04. The number of allylic oxidation sites excluding steroid dienone is 1. The van der Waals surface area contributed by atoms with E-state index in [-0.39, 0.29) is 19.8 Å². The highest BCUT2D eigenvalue weighted by Crippen LogP contribution is 2.40. The van der Waals surface area contributed by atoms with Crippen molar-refractivity contribution < 1.29 is 20.1 Å². The molecule has 0 aliphatic carbocycles. The van der Waals surface area contributed by atoms with Crippen molar-refractivity contribution in [3.8, 4) is 0 Å². The van der Waals surface area contributed by atoms with Crippen LogP contribution in [-0.4, -0.2) is 35.1 Å². The van der Waals surface area contributed by atoms with E-state index in [4.69, 9.17) is 4.74 Å². The van der Waals surface area contributed by atoms with Crippen molar-refractivity contribution in [1.82, 2.24) is 0 Å². The minimum Gasteiger partial charge on any atom is -0.454 e. The third-order valence-corrected chi connectivity index (χ3v) is 3.36. The van der Waals surface area contributed by atoms with Crippen molar-refractivity contribution in [1.29, 1.82) is 0 Å². The normalized spacial score (nSPS) is 14.6. The molecule has 0 radical (unpaired) electrons. The second-order valence-electron chi connectivity index (χ2n) is 4.69. The van der Waals surface area contributed by atoms with Gasteiger partial charge in [0.05, 0.1) is 19.8 Å². The Kier molecular flexibility index (Phi) is 4.01. The summed E-state index contributed by atoms with van der Waals surface area (Å²) >= 11 is 0. The first-order chi connectivity index (χ1) is 8.74. The molecule has 98 valence electrons. The predicted molar refractivity (Wildman–Crippen MR) is 67.4 cm³/mol. The summed E-state index contributed by atoms with van der Waals surface area (Å²) < 4.78 is 5.42. The van der Waals surface area contributed by atoms with Crippen LogP contribution in [0.15, 0.2) is 36.1 Å². The Labute approximate surface area is 106 Å². The average molecular weight is 250 g/mol. The van der Waals surface area contributed by atoms with Crippen molar-refractivity contribution in [2.45, 2.75) is 12.8 Å². The number of rotatable bonds is 7. The van der Waals surface area contributed by atoms with E-state index in [1.807, 2.05) is 30.3 Å². The van der Waals surface area contributed by atoms with E-state index in [0.29, 0.717) is 12.8 Å². The van der Waals surface area contributed by atoms with Gasteiger partial charge >= 0.3 is 0 Å². The molecule has 2 rings (SSSR count). The number of hydrogen-bond acceptors (Lipinski definition) is 4. The van der Waals surface area contributed by atoms with Crippen LogP contribution in [0.3, 0.4) is 0 Å². The number of benzene rings is 1. The maximum absolute atomic E-state index is 9.22. The van der Waals surface area contributed by atoms with Crippen LogP contribution < -0.4 is 0 Å². The second kappa shape index (κ2) is 5.52. The van der Waals surface area contributed by atoms with Crippen LogP contribution in [-0.2, 0) is 4.74 Å². The molecule has 0 unspecified atom stereocenters. The van der Waals surface area contributed by atoms with E-state index in [2.05, 4.69) is 0 Å². The van der Waals surface area contributed by atoms with E-state index in [0.717, 1.165) is 17.1 Å². The van der Waals surface area contributed by atoms with E-state index < -0.39 is 5.41 Å². The van der Waals surface area contributed by atoms with Crippen LogP contribution in [0.5, 0.6) is 0 Å². The van der Waals surface area contributed by atoms with Crippen LogP contribution in [0.2, 0.25) is 0 Å². The highest BCUT2D eigenvalue weighted by atomic mass is 16.6. The third kappa shape index (κ3) is 2.72. The van der Waals surface area contributed by atoms with Crippen LogP contribution in [0.4, 0.5) is 0 Å². The molecule has 0 saturated heterocycles. The van der Waals surface area contributed by atoms with E-state index in [1.165, 1.54) is 0 Å². The van der Waals surface area contributed by atoms with Crippen LogP contribution in [0, 0.1) is 5.41 Å². The molecule has 3 N–H and O–H groups in total. The summed E-state index contributed by atoms with van der Waals surface area (Å²) in [6.45, 7) is -0.685. The van der Waals surface area contributed by atoms with Gasteiger partial charge in [0.25, 0.3) is 0 Å². The lowest BCUT2D eigenvalue weighted by Crippen LogP contribution is -2.33. The molecule has 4 nitrogen and oxygen atoms in total. The average Bonchev–Trinajstić information content (AvgIpc) is 3.22. The summed E-state index contributed by atoms with van der Waals surface area (Å²) in [5, 5.41) is 27.6. The Bertz CT molecular complexity index is 412. The highest BCUT2D eigenvalue weighted by molar-refractivity contribution is 5.71. The van der Waals surface area contributed by atoms with Gasteiger partial charge in [-0.1, -0.05) is 30.3 Å². The first kappa shape index (κ1) is 13.1. The molecule has 0 atom stereocenters. The SMILES string of the molecule is OCC(CO)(CO)CCC1=C(c2ccccc2)O1. The molecule has 1 aliphatic rings. The maximum Gasteiger partial charge on any atom is 0.172 e. The van der Waals surface area contributed by atoms with E-state index in [1.54, 1.807) is 0 Å². The highest BCUT2D eigenvalue weighted by Gasteiger charge is 2.33. The number of aliphatic hydroxyl groups excluding tert-OH is 3. The molecule has 1 heterocycles. The van der Waals surface area contributed by atoms with Gasteiger partial charge in [0.2, 0.25) is 0 Å². The monoisotopic (exact) mass is 250 g/mol. The zero-order valence-corrected chi connectivity index (χ0v) is 10.2. The van der Waals surface area contributed by atoms with Crippen molar-refractivity contribution in [3.63, 3.8) is 0 Å². The molecule has 1 aliphatic heterocycles. The van der Waals surface area contributed by atoms with Crippen LogP contribution in [0.1, 0.15) is 18.4 Å². The Morgan fingerprint density at radius 3 is 2.11 bits per heavy atom. The van der Waals surface area contributed by atoms with Gasteiger partial charge in [-0.05, 0) is 6.42 Å². The Morgan fingerprint density at radius 2 is 1.56 bits per heavy atom. The van der Waals surface area contributed by atoms with Gasteiger partial charge in [-0.25, -0.2) is 0 Å². The van der Waals surface area contributed by atoms with Crippen molar-refractivity contribution in [2.24, 2.45) is 5.41 Å². The molecule has 0 aromatic heterocycles. The molecular formula is C14H18O4. The fourth-order valence-electron chi connectivity index (χ4n) is 1.84. The Hall–Kier alpha value is -1.36. The smallest absolute Gasteiger partial charge is 0.172 e. The molecule has 0 bridgehead atoms. The molecule has 1 aromatic rings. The lowest BCUT2D eigenvalue weighted by Gasteiger charge is -2.26. The minimum atomic E-state index is -0.819. The molecule has 0 fully saturated rings.